The minimum atomic E-state index is -0.289. The van der Waals surface area contributed by atoms with Gasteiger partial charge in [-0.2, -0.15) is 0 Å². The maximum Gasteiger partial charge on any atom is 0.133 e. The van der Waals surface area contributed by atoms with E-state index < -0.39 is 0 Å². The molecule has 6 heteroatoms. The number of hydrogen-bond donors (Lipinski definition) is 3. The number of nitrogens with two attached hydrogens (primary N) is 2. The lowest BCUT2D eigenvalue weighted by molar-refractivity contribution is 0.458. The highest BCUT2D eigenvalue weighted by molar-refractivity contribution is 14.1. The quantitative estimate of drug-likeness (QED) is 0.616. The van der Waals surface area contributed by atoms with Crippen molar-refractivity contribution in [2.24, 2.45) is 11.5 Å². The molecule has 0 aliphatic carbocycles. The molecule has 0 saturated heterocycles. The van der Waals surface area contributed by atoms with E-state index in [0.29, 0.717) is 6.54 Å². The van der Waals surface area contributed by atoms with Gasteiger partial charge in [-0.1, -0.05) is 0 Å². The lowest BCUT2D eigenvalue weighted by atomic mass is 10.1. The average Bonchev–Trinajstić information content (AvgIpc) is 2.10. The Hall–Kier alpha value is 0.690. The monoisotopic (exact) mass is 440 g/mol. The SMILES string of the molecule is Cl.NC[C@@H](N)c1cc(I)cc(I)c1O. The molecule has 0 aliphatic rings. The lowest BCUT2D eigenvalue weighted by Crippen LogP contribution is -2.21. The Morgan fingerprint density at radius 2 is 1.93 bits per heavy atom. The highest BCUT2D eigenvalue weighted by atomic mass is 127. The first-order valence-electron chi connectivity index (χ1n) is 3.69. The van der Waals surface area contributed by atoms with E-state index in [2.05, 4.69) is 45.2 Å². The van der Waals surface area contributed by atoms with E-state index in [-0.39, 0.29) is 24.2 Å². The van der Waals surface area contributed by atoms with Crippen LogP contribution < -0.4 is 11.5 Å². The second kappa shape index (κ2) is 6.31. The van der Waals surface area contributed by atoms with Crippen LogP contribution in [0.4, 0.5) is 0 Å². The van der Waals surface area contributed by atoms with Crippen molar-refractivity contribution in [1.29, 1.82) is 0 Å². The van der Waals surface area contributed by atoms with Crippen molar-refractivity contribution >= 4 is 57.6 Å². The van der Waals surface area contributed by atoms with E-state index in [1.807, 2.05) is 12.1 Å². The summed E-state index contributed by atoms with van der Waals surface area (Å²) in [4.78, 5) is 0. The molecule has 5 N–H and O–H groups in total. The fourth-order valence-electron chi connectivity index (χ4n) is 0.996. The molecule has 0 amide bonds. The third kappa shape index (κ3) is 3.37. The molecule has 0 radical (unpaired) electrons. The Kier molecular flexibility index (Phi) is 6.62. The van der Waals surface area contributed by atoms with Crippen LogP contribution in [0.2, 0.25) is 0 Å². The Morgan fingerprint density at radius 3 is 2.43 bits per heavy atom. The predicted octanol–water partition coefficient (Wildman–Crippen LogP) is 1.98. The molecule has 0 spiro atoms. The zero-order valence-electron chi connectivity index (χ0n) is 7.21. The summed E-state index contributed by atoms with van der Waals surface area (Å²) < 4.78 is 1.86. The number of phenols is 1. The van der Waals surface area contributed by atoms with Gasteiger partial charge in [0.1, 0.15) is 5.75 Å². The van der Waals surface area contributed by atoms with Crippen molar-refractivity contribution in [3.63, 3.8) is 0 Å². The van der Waals surface area contributed by atoms with Gasteiger partial charge in [0, 0.05) is 21.7 Å². The van der Waals surface area contributed by atoms with Crippen LogP contribution in [0, 0.1) is 7.14 Å². The minimum Gasteiger partial charge on any atom is -0.506 e. The molecule has 0 fully saturated rings. The first-order valence-corrected chi connectivity index (χ1v) is 5.85. The number of rotatable bonds is 2. The minimum absolute atomic E-state index is 0. The van der Waals surface area contributed by atoms with Gasteiger partial charge < -0.3 is 16.6 Å². The van der Waals surface area contributed by atoms with E-state index in [0.717, 1.165) is 12.7 Å². The van der Waals surface area contributed by atoms with Crippen LogP contribution in [0.3, 0.4) is 0 Å². The molecular weight excluding hydrogens is 429 g/mol. The van der Waals surface area contributed by atoms with Gasteiger partial charge in [-0.3, -0.25) is 0 Å². The van der Waals surface area contributed by atoms with E-state index in [9.17, 15) is 5.11 Å². The van der Waals surface area contributed by atoms with Crippen molar-refractivity contribution < 1.29 is 5.11 Å². The second-order valence-corrected chi connectivity index (χ2v) is 5.08. The number of halogens is 3. The van der Waals surface area contributed by atoms with Crippen molar-refractivity contribution in [3.05, 3.63) is 24.8 Å². The largest absolute Gasteiger partial charge is 0.506 e. The van der Waals surface area contributed by atoms with E-state index in [1.165, 1.54) is 0 Å². The molecule has 0 aromatic heterocycles. The fourth-order valence-corrected chi connectivity index (χ4v) is 2.89. The van der Waals surface area contributed by atoms with Gasteiger partial charge in [-0.15, -0.1) is 12.4 Å². The maximum atomic E-state index is 9.68. The summed E-state index contributed by atoms with van der Waals surface area (Å²) >= 11 is 4.26. The van der Waals surface area contributed by atoms with Crippen LogP contribution in [0.25, 0.3) is 0 Å². The first-order chi connectivity index (χ1) is 6.06. The summed E-state index contributed by atoms with van der Waals surface area (Å²) in [6, 6.07) is 3.46. The third-order valence-corrected chi connectivity index (χ3v) is 3.16. The normalized spacial score (nSPS) is 12.0. The number of aromatic hydroxyl groups is 1. The van der Waals surface area contributed by atoms with Gasteiger partial charge in [0.2, 0.25) is 0 Å². The smallest absolute Gasteiger partial charge is 0.133 e. The van der Waals surface area contributed by atoms with Gasteiger partial charge in [-0.25, -0.2) is 0 Å². The highest BCUT2D eigenvalue weighted by Gasteiger charge is 2.12. The Balaban J connectivity index is 0.00000169. The van der Waals surface area contributed by atoms with Crippen molar-refractivity contribution in [2.45, 2.75) is 6.04 Å². The molecule has 1 rings (SSSR count). The number of benzene rings is 1. The summed E-state index contributed by atoms with van der Waals surface area (Å²) in [5.41, 5.74) is 11.9. The molecule has 80 valence electrons. The second-order valence-electron chi connectivity index (χ2n) is 2.67. The highest BCUT2D eigenvalue weighted by Crippen LogP contribution is 2.29. The number of phenolic OH excluding ortho intramolecular Hbond substituents is 1. The van der Waals surface area contributed by atoms with Crippen LogP contribution in [-0.4, -0.2) is 11.7 Å². The topological polar surface area (TPSA) is 72.3 Å². The predicted molar refractivity (Wildman–Crippen MR) is 76.8 cm³/mol. The Morgan fingerprint density at radius 1 is 1.36 bits per heavy atom. The molecule has 14 heavy (non-hydrogen) atoms. The standard InChI is InChI=1S/C8H10I2N2O.ClH/c9-4-1-5(7(12)3-11)8(13)6(10)2-4;/h1-2,7,13H,3,11-12H2;1H/t7-;/m1./s1. The molecule has 0 unspecified atom stereocenters. The van der Waals surface area contributed by atoms with E-state index in [4.69, 9.17) is 11.5 Å². The first kappa shape index (κ1) is 14.7. The third-order valence-electron chi connectivity index (χ3n) is 1.71. The van der Waals surface area contributed by atoms with Gasteiger partial charge in [0.05, 0.1) is 3.57 Å². The molecule has 0 bridgehead atoms. The molecule has 0 saturated carbocycles. The Labute approximate surface area is 116 Å². The van der Waals surface area contributed by atoms with Crippen LogP contribution >= 0.6 is 57.6 Å². The summed E-state index contributed by atoms with van der Waals surface area (Å²) in [5, 5.41) is 9.68. The average molecular weight is 440 g/mol. The Bertz CT molecular complexity index is 322. The number of hydrogen-bond acceptors (Lipinski definition) is 3. The molecule has 0 heterocycles. The maximum absolute atomic E-state index is 9.68. The zero-order chi connectivity index (χ0) is 10.0. The molecular formula is C8H11ClI2N2O. The summed E-state index contributed by atoms with van der Waals surface area (Å²) in [6.45, 7) is 0.337. The van der Waals surface area contributed by atoms with Crippen molar-refractivity contribution in [2.75, 3.05) is 6.54 Å². The molecule has 0 aliphatic heterocycles. The van der Waals surface area contributed by atoms with E-state index >= 15 is 0 Å². The van der Waals surface area contributed by atoms with Crippen LogP contribution in [0.1, 0.15) is 11.6 Å². The van der Waals surface area contributed by atoms with Gasteiger partial charge >= 0.3 is 0 Å². The van der Waals surface area contributed by atoms with Gasteiger partial charge in [-0.05, 0) is 57.3 Å². The molecule has 1 aromatic carbocycles. The summed E-state index contributed by atoms with van der Waals surface area (Å²) in [5.74, 6) is 0.249. The molecule has 3 nitrogen and oxygen atoms in total. The van der Waals surface area contributed by atoms with Crippen molar-refractivity contribution in [1.82, 2.24) is 0 Å². The lowest BCUT2D eigenvalue weighted by Gasteiger charge is -2.12. The van der Waals surface area contributed by atoms with Crippen molar-refractivity contribution in [3.8, 4) is 5.75 Å². The van der Waals surface area contributed by atoms with Gasteiger partial charge in [0.15, 0.2) is 0 Å². The molecule has 1 atom stereocenters. The van der Waals surface area contributed by atoms with E-state index in [1.54, 1.807) is 0 Å². The summed E-state index contributed by atoms with van der Waals surface area (Å²) in [7, 11) is 0. The van der Waals surface area contributed by atoms with Gasteiger partial charge in [0.25, 0.3) is 0 Å². The van der Waals surface area contributed by atoms with Crippen LogP contribution in [0.15, 0.2) is 12.1 Å². The summed E-state index contributed by atoms with van der Waals surface area (Å²) in [6.07, 6.45) is 0. The van der Waals surface area contributed by atoms with Crippen LogP contribution in [0.5, 0.6) is 5.75 Å². The molecule has 1 aromatic rings. The zero-order valence-corrected chi connectivity index (χ0v) is 12.3. The van der Waals surface area contributed by atoms with Crippen LogP contribution in [-0.2, 0) is 0 Å². The fraction of sp³-hybridized carbons (Fsp3) is 0.250.